The topological polar surface area (TPSA) is 96.0 Å². The number of rotatable bonds is 12. The Labute approximate surface area is 235 Å². The predicted octanol–water partition coefficient (Wildman–Crippen LogP) is 4.20. The Morgan fingerprint density at radius 1 is 1.00 bits per heavy atom. The molecule has 0 saturated heterocycles. The molecule has 8 nitrogen and oxygen atoms in total. The number of amides is 2. The molecule has 3 aromatic carbocycles. The van der Waals surface area contributed by atoms with Gasteiger partial charge in [0.25, 0.3) is 0 Å². The molecule has 0 bridgehead atoms. The number of carbonyl (C=O) groups is 2. The lowest BCUT2D eigenvalue weighted by Gasteiger charge is -2.33. The number of aryl methyl sites for hydroxylation is 1. The maximum absolute atomic E-state index is 14.0. The number of hydrogen-bond donors (Lipinski definition) is 1. The number of nitrogens with zero attached hydrogens (tertiary/aromatic N) is 2. The van der Waals surface area contributed by atoms with E-state index >= 15 is 0 Å². The van der Waals surface area contributed by atoms with Crippen molar-refractivity contribution in [3.8, 4) is 5.75 Å². The summed E-state index contributed by atoms with van der Waals surface area (Å²) in [4.78, 5) is 28.8. The highest BCUT2D eigenvalue weighted by molar-refractivity contribution is 7.92. The van der Waals surface area contributed by atoms with Crippen LogP contribution in [0.5, 0.6) is 5.75 Å². The molecule has 0 aliphatic rings. The Bertz CT molecular complexity index is 1400. The molecule has 0 fully saturated rings. The van der Waals surface area contributed by atoms with Crippen molar-refractivity contribution in [2.75, 3.05) is 30.8 Å². The zero-order valence-electron chi connectivity index (χ0n) is 22.6. The summed E-state index contributed by atoms with van der Waals surface area (Å²) >= 11 is 6.28. The summed E-state index contributed by atoms with van der Waals surface area (Å²) < 4.78 is 32.0. The Morgan fingerprint density at radius 2 is 1.69 bits per heavy atom. The minimum atomic E-state index is -3.87. The summed E-state index contributed by atoms with van der Waals surface area (Å²) in [6.45, 7) is 3.54. The molecular formula is C29H34ClN3O5S. The van der Waals surface area contributed by atoms with Crippen molar-refractivity contribution in [2.45, 2.75) is 32.9 Å². The lowest BCUT2D eigenvalue weighted by Crippen LogP contribution is -2.53. The van der Waals surface area contributed by atoms with E-state index in [1.165, 1.54) is 11.0 Å². The number of ether oxygens (including phenoxy) is 1. The first-order valence-corrected chi connectivity index (χ1v) is 14.7. The van der Waals surface area contributed by atoms with Gasteiger partial charge in [-0.15, -0.1) is 0 Å². The standard InChI is InChI=1S/C29H34ClN3O5S/c1-5-31-29(35)27(17-22-10-7-6-8-11-22)32(19-23-12-9-13-25(16-23)38-3)28(34)20-33(39(4,36)37)24-15-14-21(2)26(30)18-24/h6-16,18,27H,5,17,19-20H2,1-4H3,(H,31,35)/t27-/m1/s1. The van der Waals surface area contributed by atoms with E-state index in [2.05, 4.69) is 5.32 Å². The van der Waals surface area contributed by atoms with Gasteiger partial charge in [-0.3, -0.25) is 13.9 Å². The van der Waals surface area contributed by atoms with Crippen LogP contribution in [-0.4, -0.2) is 57.6 Å². The number of hydrogen-bond acceptors (Lipinski definition) is 5. The van der Waals surface area contributed by atoms with Crippen LogP contribution in [0, 0.1) is 6.92 Å². The molecule has 39 heavy (non-hydrogen) atoms. The monoisotopic (exact) mass is 571 g/mol. The maximum Gasteiger partial charge on any atom is 0.244 e. The highest BCUT2D eigenvalue weighted by Crippen LogP contribution is 2.26. The molecule has 0 spiro atoms. The molecule has 208 valence electrons. The van der Waals surface area contributed by atoms with Crippen molar-refractivity contribution in [3.05, 3.63) is 94.5 Å². The summed E-state index contributed by atoms with van der Waals surface area (Å²) in [6.07, 6.45) is 1.28. The normalized spacial score (nSPS) is 11.9. The van der Waals surface area contributed by atoms with E-state index < -0.39 is 28.5 Å². The van der Waals surface area contributed by atoms with Crippen LogP contribution in [0.3, 0.4) is 0 Å². The number of benzene rings is 3. The van der Waals surface area contributed by atoms with Gasteiger partial charge in [0.1, 0.15) is 18.3 Å². The molecule has 10 heteroatoms. The summed E-state index contributed by atoms with van der Waals surface area (Å²) in [5, 5.41) is 3.21. The Kier molecular flexibility index (Phi) is 10.4. The second kappa shape index (κ2) is 13.5. The number of anilines is 1. The van der Waals surface area contributed by atoms with Crippen LogP contribution in [0.1, 0.15) is 23.6 Å². The summed E-state index contributed by atoms with van der Waals surface area (Å²) in [6, 6.07) is 20.5. The summed E-state index contributed by atoms with van der Waals surface area (Å²) in [5.41, 5.74) is 2.64. The number of halogens is 1. The van der Waals surface area contributed by atoms with Gasteiger partial charge >= 0.3 is 0 Å². The third-order valence-electron chi connectivity index (χ3n) is 6.23. The third-order valence-corrected chi connectivity index (χ3v) is 7.78. The highest BCUT2D eigenvalue weighted by Gasteiger charge is 2.33. The minimum absolute atomic E-state index is 0.0664. The van der Waals surface area contributed by atoms with Crippen LogP contribution < -0.4 is 14.4 Å². The highest BCUT2D eigenvalue weighted by atomic mass is 35.5. The fraction of sp³-hybridized carbons (Fsp3) is 0.310. The third kappa shape index (κ3) is 8.21. The van der Waals surface area contributed by atoms with E-state index in [-0.39, 0.29) is 24.6 Å². The molecule has 0 aliphatic carbocycles. The van der Waals surface area contributed by atoms with Crippen LogP contribution in [0.25, 0.3) is 0 Å². The Balaban J connectivity index is 2.06. The van der Waals surface area contributed by atoms with Crippen molar-refractivity contribution >= 4 is 39.1 Å². The van der Waals surface area contributed by atoms with Crippen LogP contribution in [0.2, 0.25) is 5.02 Å². The van der Waals surface area contributed by atoms with Crippen molar-refractivity contribution in [2.24, 2.45) is 0 Å². The first-order chi connectivity index (χ1) is 18.5. The van der Waals surface area contributed by atoms with Crippen molar-refractivity contribution in [1.82, 2.24) is 10.2 Å². The quantitative estimate of drug-likeness (QED) is 0.351. The van der Waals surface area contributed by atoms with E-state index in [0.717, 1.165) is 27.3 Å². The number of methoxy groups -OCH3 is 1. The van der Waals surface area contributed by atoms with Gasteiger partial charge in [0.15, 0.2) is 0 Å². The molecule has 3 rings (SSSR count). The van der Waals surface area contributed by atoms with Crippen molar-refractivity contribution < 1.29 is 22.7 Å². The average molecular weight is 572 g/mol. The van der Waals surface area contributed by atoms with Crippen LogP contribution in [0.15, 0.2) is 72.8 Å². The molecule has 2 amide bonds. The first kappa shape index (κ1) is 30.0. The van der Waals surface area contributed by atoms with E-state index in [4.69, 9.17) is 16.3 Å². The maximum atomic E-state index is 14.0. The van der Waals surface area contributed by atoms with Gasteiger partial charge in [-0.1, -0.05) is 60.1 Å². The van der Waals surface area contributed by atoms with E-state index in [1.807, 2.05) is 36.4 Å². The largest absolute Gasteiger partial charge is 0.497 e. The predicted molar refractivity (Wildman–Crippen MR) is 155 cm³/mol. The van der Waals surface area contributed by atoms with Gasteiger partial charge in [0.2, 0.25) is 21.8 Å². The molecule has 1 atom stereocenters. The molecule has 0 aromatic heterocycles. The minimum Gasteiger partial charge on any atom is -0.497 e. The second-order valence-electron chi connectivity index (χ2n) is 9.18. The number of nitrogens with one attached hydrogen (secondary N) is 1. The van der Waals surface area contributed by atoms with Crippen molar-refractivity contribution in [1.29, 1.82) is 0 Å². The molecule has 0 saturated carbocycles. The van der Waals surface area contributed by atoms with E-state index in [9.17, 15) is 18.0 Å². The Hall–Kier alpha value is -3.56. The molecular weight excluding hydrogens is 538 g/mol. The molecule has 0 heterocycles. The van der Waals surface area contributed by atoms with Crippen molar-refractivity contribution in [3.63, 3.8) is 0 Å². The van der Waals surface area contributed by atoms with Gasteiger partial charge in [0.05, 0.1) is 19.1 Å². The molecule has 1 N–H and O–H groups in total. The molecule has 0 radical (unpaired) electrons. The molecule has 0 unspecified atom stereocenters. The Morgan fingerprint density at radius 3 is 2.31 bits per heavy atom. The zero-order chi connectivity index (χ0) is 28.6. The number of likely N-dealkylation sites (N-methyl/N-ethyl adjacent to an activating group) is 1. The SMILES string of the molecule is CCNC(=O)[C@@H](Cc1ccccc1)N(Cc1cccc(OC)c1)C(=O)CN(c1ccc(C)c(Cl)c1)S(C)(=O)=O. The van der Waals surface area contributed by atoms with E-state index in [1.54, 1.807) is 51.3 Å². The van der Waals surface area contributed by atoms with Gasteiger partial charge < -0.3 is 15.0 Å². The van der Waals surface area contributed by atoms with Gasteiger partial charge in [-0.25, -0.2) is 8.42 Å². The number of sulfonamides is 1. The van der Waals surface area contributed by atoms with Crippen LogP contribution >= 0.6 is 11.6 Å². The lowest BCUT2D eigenvalue weighted by atomic mass is 10.0. The molecule has 3 aromatic rings. The van der Waals surface area contributed by atoms with Gasteiger partial charge in [-0.2, -0.15) is 0 Å². The van der Waals surface area contributed by atoms with Gasteiger partial charge in [-0.05, 0) is 54.8 Å². The average Bonchev–Trinajstić information content (AvgIpc) is 2.91. The van der Waals surface area contributed by atoms with Crippen LogP contribution in [0.4, 0.5) is 5.69 Å². The summed E-state index contributed by atoms with van der Waals surface area (Å²) in [5.74, 6) is -0.265. The fourth-order valence-corrected chi connectivity index (χ4v) is 5.18. The van der Waals surface area contributed by atoms with E-state index in [0.29, 0.717) is 17.3 Å². The fourth-order valence-electron chi connectivity index (χ4n) is 4.16. The smallest absolute Gasteiger partial charge is 0.244 e. The zero-order valence-corrected chi connectivity index (χ0v) is 24.1. The van der Waals surface area contributed by atoms with Crippen LogP contribution in [-0.2, 0) is 32.6 Å². The first-order valence-electron chi connectivity index (χ1n) is 12.5. The lowest BCUT2D eigenvalue weighted by molar-refractivity contribution is -0.140. The van der Waals surface area contributed by atoms with Gasteiger partial charge in [0, 0.05) is 24.5 Å². The molecule has 0 aliphatic heterocycles. The summed E-state index contributed by atoms with van der Waals surface area (Å²) in [7, 11) is -2.32. The second-order valence-corrected chi connectivity index (χ2v) is 11.5. The number of carbonyl (C=O) groups excluding carboxylic acids is 2.